The Morgan fingerprint density at radius 2 is 0.786 bits per heavy atom. The van der Waals surface area contributed by atoms with Crippen molar-refractivity contribution in [3.63, 3.8) is 0 Å². The van der Waals surface area contributed by atoms with Crippen molar-refractivity contribution in [2.24, 2.45) is 0 Å². The quantitative estimate of drug-likeness (QED) is 0.333. The Hall–Kier alpha value is 2.53. The minimum atomic E-state index is -5.39. The van der Waals surface area contributed by atoms with Crippen LogP contribution in [0, 0.1) is 0 Å². The summed E-state index contributed by atoms with van der Waals surface area (Å²) < 4.78 is 17.2. The molecule has 0 saturated heterocycles. The monoisotopic (exact) mass is 268 g/mol. The predicted molar refractivity (Wildman–Crippen MR) is 17.4 cm³/mol. The van der Waals surface area contributed by atoms with Gasteiger partial charge in [0.25, 0.3) is 0 Å². The van der Waals surface area contributed by atoms with Gasteiger partial charge in [-0.2, -0.15) is 7.82 Å². The van der Waals surface area contributed by atoms with Gasteiger partial charge in [-0.15, -0.1) is 0 Å². The van der Waals surface area contributed by atoms with Gasteiger partial charge in [0.05, 0.1) is 7.82 Å². The first-order chi connectivity index (χ1) is 4.00. The van der Waals surface area contributed by atoms with Crippen LogP contribution in [0.3, 0.4) is 0 Å². The number of hydrogen-bond donors (Lipinski definition) is 1. The number of phosphoric acid groups is 2. The molecule has 0 aliphatic rings. The van der Waals surface area contributed by atoms with Gasteiger partial charge in [-0.05, 0) is 0 Å². The third kappa shape index (κ3) is 415. The van der Waals surface area contributed by atoms with Gasteiger partial charge in [-0.1, -0.05) is 0 Å². The van der Waals surface area contributed by atoms with Gasteiger partial charge < -0.3 is 38.5 Å². The third-order valence-corrected chi connectivity index (χ3v) is 0. The molecule has 0 aromatic carbocycles. The van der Waals surface area contributed by atoms with E-state index in [-0.39, 0.29) is 73.7 Å². The molecule has 0 amide bonds. The summed E-state index contributed by atoms with van der Waals surface area (Å²) in [7, 11) is -10.5. The smallest absolute Gasteiger partial charge is 0.822 e. The summed E-state index contributed by atoms with van der Waals surface area (Å²) >= 11 is 0. The fourth-order valence-electron chi connectivity index (χ4n) is 0. The fraction of sp³-hybridized carbons (Fsp3) is 0. The summed E-state index contributed by atoms with van der Waals surface area (Å²) in [6.45, 7) is 0. The molecule has 0 fully saturated rings. The number of hydrogen-bond acceptors (Lipinski definition) is 7. The van der Waals surface area contributed by atoms with Crippen LogP contribution in [0.5, 0.6) is 0 Å². The molecule has 0 radical (unpaired) electrons. The summed E-state index contributed by atoms with van der Waals surface area (Å²) in [5, 5.41) is 0. The number of rotatable bonds is 0. The molecule has 14 heavy (non-hydrogen) atoms. The maximum Gasteiger partial charge on any atom is 2.00 e. The van der Waals surface area contributed by atoms with Crippen LogP contribution in [0.2, 0.25) is 0 Å². The molecule has 14 heteroatoms. The average Bonchev–Trinajstić information content (AvgIpc) is 1.12. The Morgan fingerprint density at radius 3 is 0.786 bits per heavy atom. The Bertz CT molecular complexity index is 135. The van der Waals surface area contributed by atoms with Crippen molar-refractivity contribution < 1.29 is 112 Å². The Morgan fingerprint density at radius 1 is 0.786 bits per heavy atom. The molecule has 0 atom stereocenters. The zero-order chi connectivity index (χ0) is 9.00. The minimum Gasteiger partial charge on any atom is -0.822 e. The maximum atomic E-state index is 8.66. The summed E-state index contributed by atoms with van der Waals surface area (Å²) in [6, 6.07) is 0. The van der Waals surface area contributed by atoms with E-state index < -0.39 is 15.6 Å². The predicted octanol–water partition coefficient (Wildman–Crippen LogP) is -14.0. The summed E-state index contributed by atoms with van der Waals surface area (Å²) in [5.74, 6) is 0. The van der Waals surface area contributed by atoms with Crippen LogP contribution in [0.4, 0.5) is 0 Å². The van der Waals surface area contributed by atoms with Crippen LogP contribution in [-0.4, -0.2) is 4.89 Å². The molecule has 0 saturated carbocycles. The topological polar surface area (TPSA) is 170 Å². The van der Waals surface area contributed by atoms with Gasteiger partial charge in [0.1, 0.15) is 0 Å². The zero-order valence-electron chi connectivity index (χ0n) is 7.55. The molecule has 0 aliphatic heterocycles. The maximum absolute atomic E-state index is 8.66. The van der Waals surface area contributed by atoms with E-state index in [0.29, 0.717) is 0 Å². The Kier molecular flexibility index (Phi) is 39.9. The van der Waals surface area contributed by atoms with E-state index in [2.05, 4.69) is 0 Å². The molecule has 0 heterocycles. The van der Waals surface area contributed by atoms with Crippen LogP contribution in [0.1, 0.15) is 0 Å². The van der Waals surface area contributed by atoms with Crippen molar-refractivity contribution in [3.05, 3.63) is 0 Å². The van der Waals surface area contributed by atoms with Crippen molar-refractivity contribution in [2.75, 3.05) is 0 Å². The van der Waals surface area contributed by atoms with Gasteiger partial charge in [0.2, 0.25) is 0 Å². The van der Waals surface area contributed by atoms with Crippen LogP contribution >= 0.6 is 15.6 Å². The van der Waals surface area contributed by atoms with E-state index in [9.17, 15) is 0 Å². The van der Waals surface area contributed by atoms with Gasteiger partial charge in [0, 0.05) is 0 Å². The van der Waals surface area contributed by atoms with Crippen molar-refractivity contribution in [3.8, 4) is 0 Å². The molecule has 1 N–H and O–H groups in total. The van der Waals surface area contributed by atoms with E-state index in [1.807, 2.05) is 0 Å². The van der Waals surface area contributed by atoms with Gasteiger partial charge in [-0.3, -0.25) is 0 Å². The van der Waals surface area contributed by atoms with E-state index in [4.69, 9.17) is 38.5 Å². The Labute approximate surface area is 127 Å². The molecule has 0 aromatic heterocycles. The van der Waals surface area contributed by atoms with E-state index in [1.165, 1.54) is 0 Å². The van der Waals surface area contributed by atoms with E-state index >= 15 is 0 Å². The second-order valence-electron chi connectivity index (χ2n) is 0.916. The second kappa shape index (κ2) is 15.5. The molecular weight excluding hydrogens is 267 g/mol. The first-order valence-corrected chi connectivity index (χ1v) is 4.43. The van der Waals surface area contributed by atoms with E-state index in [1.54, 1.807) is 0 Å². The van der Waals surface area contributed by atoms with Crippen LogP contribution < -0.4 is 81.0 Å². The molecule has 8 nitrogen and oxygen atoms in total. The minimum absolute atomic E-state index is 0. The normalized spacial score (nSPS) is 8.43. The van der Waals surface area contributed by atoms with E-state index in [0.717, 1.165) is 0 Å². The van der Waals surface area contributed by atoms with Gasteiger partial charge in [0.15, 0.2) is 0 Å². The van der Waals surface area contributed by atoms with Crippen molar-refractivity contribution in [1.82, 2.24) is 0 Å². The molecule has 70 valence electrons. The summed E-state index contributed by atoms with van der Waals surface area (Å²) in [5.41, 5.74) is 0. The van der Waals surface area contributed by atoms with Crippen molar-refractivity contribution in [1.29, 1.82) is 0 Å². The standard InChI is InChI=1S/Fe.3Li.2H3O4P/c;;;;2*1-5(2,3)4/h;;;;2*(H3,1,2,3,4)/q+2;3*+1;;/p-5. The first-order valence-electron chi connectivity index (χ1n) is 1.48. The molecule has 0 spiro atoms. The summed E-state index contributed by atoms with van der Waals surface area (Å²) in [6.07, 6.45) is 0. The first kappa shape index (κ1) is 36.0. The van der Waals surface area contributed by atoms with Crippen LogP contribution in [-0.2, 0) is 26.2 Å². The molecule has 0 bridgehead atoms. The van der Waals surface area contributed by atoms with Gasteiger partial charge >= 0.3 is 73.7 Å². The van der Waals surface area contributed by atoms with Crippen molar-refractivity contribution in [2.45, 2.75) is 0 Å². The molecule has 0 aromatic rings. The van der Waals surface area contributed by atoms with Crippen LogP contribution in [0.25, 0.3) is 0 Å². The largest absolute Gasteiger partial charge is 2.00 e. The van der Waals surface area contributed by atoms with Gasteiger partial charge in [-0.25, -0.2) is 0 Å². The summed E-state index contributed by atoms with van der Waals surface area (Å²) in [4.78, 5) is 49.9. The molecule has 0 unspecified atom stereocenters. The fourth-order valence-corrected chi connectivity index (χ4v) is 0. The average molecular weight is 268 g/mol. The Balaban J connectivity index is -0.0000000178. The second-order valence-corrected chi connectivity index (χ2v) is 2.75. The zero-order valence-corrected chi connectivity index (χ0v) is 10.4. The molecule has 0 aliphatic carbocycles. The van der Waals surface area contributed by atoms with Crippen LogP contribution in [0.15, 0.2) is 0 Å². The molecular formula is HFeLi3O8P2. The SMILES string of the molecule is O=P([O-])([O-])O.O=P([O-])([O-])[O-].[Fe+2].[Li+].[Li+].[Li+]. The molecule has 0 rings (SSSR count). The van der Waals surface area contributed by atoms with Crippen molar-refractivity contribution >= 4 is 15.6 Å². The third-order valence-electron chi connectivity index (χ3n) is 0.